The molecule has 2 unspecified atom stereocenters. The highest BCUT2D eigenvalue weighted by Gasteiger charge is 2.29. The maximum Gasteiger partial charge on any atom is 0.272 e. The fourth-order valence-electron chi connectivity index (χ4n) is 4.15. The number of anilines is 1. The number of carbonyl (C=O) groups is 1. The van der Waals surface area contributed by atoms with E-state index in [1.165, 1.54) is 0 Å². The summed E-state index contributed by atoms with van der Waals surface area (Å²) in [5.74, 6) is 0.738. The third kappa shape index (κ3) is 5.70. The maximum absolute atomic E-state index is 12.6. The molecule has 3 heterocycles. The molecule has 2 aliphatic heterocycles. The molecule has 182 valence electrons. The molecule has 0 spiro atoms. The lowest BCUT2D eigenvalue weighted by molar-refractivity contribution is -0.0658. The first-order valence-corrected chi connectivity index (χ1v) is 12.2. The molecule has 2 aliphatic rings. The number of hydrogen-bond acceptors (Lipinski definition) is 6. The summed E-state index contributed by atoms with van der Waals surface area (Å²) in [5.41, 5.74) is 2.34. The Kier molecular flexibility index (Phi) is 7.39. The van der Waals surface area contributed by atoms with E-state index in [0.717, 1.165) is 30.1 Å². The molecular weight excluding hydrogens is 489 g/mol. The molecule has 2 atom stereocenters. The summed E-state index contributed by atoms with van der Waals surface area (Å²) >= 11 is 12.2. The van der Waals surface area contributed by atoms with Crippen molar-refractivity contribution in [2.24, 2.45) is 0 Å². The first-order valence-electron chi connectivity index (χ1n) is 11.5. The van der Waals surface area contributed by atoms with E-state index in [0.29, 0.717) is 42.0 Å². The van der Waals surface area contributed by atoms with Gasteiger partial charge in [-0.1, -0.05) is 35.3 Å². The van der Waals surface area contributed by atoms with Crippen LogP contribution in [0.1, 0.15) is 22.3 Å². The van der Waals surface area contributed by atoms with Crippen LogP contribution in [0.4, 0.5) is 5.69 Å². The van der Waals surface area contributed by atoms with E-state index in [4.69, 9.17) is 37.4 Å². The standard InChI is InChI=1S/C26H25Cl2N3O4/c27-18-4-9-22(23(28)15-18)26-34-17-21(35-26)16-33-20-7-5-19(6-8-20)30-11-13-31(14-12-30)25(32)24-3-1-2-10-29-24/h1-10,15,21,26H,11-14,16-17H2. The third-order valence-electron chi connectivity index (χ3n) is 6.05. The summed E-state index contributed by atoms with van der Waals surface area (Å²) < 4.78 is 17.6. The van der Waals surface area contributed by atoms with E-state index in [9.17, 15) is 4.79 Å². The van der Waals surface area contributed by atoms with Crippen molar-refractivity contribution >= 4 is 34.8 Å². The molecule has 5 rings (SSSR count). The van der Waals surface area contributed by atoms with Gasteiger partial charge >= 0.3 is 0 Å². The summed E-state index contributed by atoms with van der Waals surface area (Å²) in [5, 5.41) is 1.08. The van der Waals surface area contributed by atoms with Crippen LogP contribution in [0, 0.1) is 0 Å². The molecule has 2 fully saturated rings. The van der Waals surface area contributed by atoms with E-state index in [1.54, 1.807) is 24.4 Å². The zero-order valence-electron chi connectivity index (χ0n) is 19.0. The van der Waals surface area contributed by atoms with Crippen molar-refractivity contribution in [3.8, 4) is 5.75 Å². The van der Waals surface area contributed by atoms with Crippen molar-refractivity contribution in [1.82, 2.24) is 9.88 Å². The van der Waals surface area contributed by atoms with Gasteiger partial charge in [0, 0.05) is 48.6 Å². The molecule has 0 radical (unpaired) electrons. The van der Waals surface area contributed by atoms with Crippen LogP contribution in [0.5, 0.6) is 5.75 Å². The lowest BCUT2D eigenvalue weighted by atomic mass is 10.2. The van der Waals surface area contributed by atoms with E-state index >= 15 is 0 Å². The number of rotatable bonds is 6. The predicted molar refractivity (Wildman–Crippen MR) is 134 cm³/mol. The van der Waals surface area contributed by atoms with Crippen LogP contribution in [-0.2, 0) is 9.47 Å². The molecule has 35 heavy (non-hydrogen) atoms. The quantitative estimate of drug-likeness (QED) is 0.469. The molecule has 0 N–H and O–H groups in total. The highest BCUT2D eigenvalue weighted by atomic mass is 35.5. The second-order valence-electron chi connectivity index (χ2n) is 8.39. The number of hydrogen-bond donors (Lipinski definition) is 0. The van der Waals surface area contributed by atoms with Crippen LogP contribution < -0.4 is 9.64 Å². The molecule has 7 nitrogen and oxygen atoms in total. The second-order valence-corrected chi connectivity index (χ2v) is 9.23. The molecule has 9 heteroatoms. The average molecular weight is 514 g/mol. The van der Waals surface area contributed by atoms with E-state index < -0.39 is 6.29 Å². The minimum atomic E-state index is -0.529. The van der Waals surface area contributed by atoms with Crippen molar-refractivity contribution in [2.45, 2.75) is 12.4 Å². The Morgan fingerprint density at radius 1 is 1.03 bits per heavy atom. The fourth-order valence-corrected chi connectivity index (χ4v) is 4.65. The highest BCUT2D eigenvalue weighted by molar-refractivity contribution is 6.35. The summed E-state index contributed by atoms with van der Waals surface area (Å²) in [7, 11) is 0. The zero-order chi connectivity index (χ0) is 24.2. The number of amides is 1. The summed E-state index contributed by atoms with van der Waals surface area (Å²) in [6, 6.07) is 18.6. The topological polar surface area (TPSA) is 64.1 Å². The van der Waals surface area contributed by atoms with Gasteiger partial charge in [0.15, 0.2) is 6.29 Å². The van der Waals surface area contributed by atoms with E-state index in [2.05, 4.69) is 9.88 Å². The smallest absolute Gasteiger partial charge is 0.272 e. The lowest BCUT2D eigenvalue weighted by Crippen LogP contribution is -2.49. The monoisotopic (exact) mass is 513 g/mol. The first kappa shape index (κ1) is 23.9. The van der Waals surface area contributed by atoms with Crippen LogP contribution in [0.3, 0.4) is 0 Å². The first-order chi connectivity index (χ1) is 17.1. The molecule has 2 aromatic carbocycles. The fraction of sp³-hybridized carbons (Fsp3) is 0.308. The van der Waals surface area contributed by atoms with Crippen molar-refractivity contribution in [3.63, 3.8) is 0 Å². The summed E-state index contributed by atoms with van der Waals surface area (Å²) in [6.07, 6.45) is 0.919. The van der Waals surface area contributed by atoms with Gasteiger partial charge in [-0.3, -0.25) is 9.78 Å². The molecule has 3 aromatic rings. The van der Waals surface area contributed by atoms with Gasteiger partial charge in [0.25, 0.3) is 5.91 Å². The third-order valence-corrected chi connectivity index (χ3v) is 6.62. The zero-order valence-corrected chi connectivity index (χ0v) is 20.5. The number of piperazine rings is 1. The summed E-state index contributed by atoms with van der Waals surface area (Å²) in [6.45, 7) is 3.64. The van der Waals surface area contributed by atoms with Crippen LogP contribution in [-0.4, -0.2) is 61.3 Å². The van der Waals surface area contributed by atoms with Crippen molar-refractivity contribution in [2.75, 3.05) is 44.3 Å². The van der Waals surface area contributed by atoms with Gasteiger partial charge in [-0.25, -0.2) is 0 Å². The molecule has 1 amide bonds. The molecular formula is C26H25Cl2N3O4. The highest BCUT2D eigenvalue weighted by Crippen LogP contribution is 2.33. The van der Waals surface area contributed by atoms with E-state index in [-0.39, 0.29) is 12.0 Å². The van der Waals surface area contributed by atoms with Crippen LogP contribution >= 0.6 is 23.2 Å². The van der Waals surface area contributed by atoms with E-state index in [1.807, 2.05) is 47.4 Å². The minimum absolute atomic E-state index is 0.0207. The molecule has 1 aromatic heterocycles. The Bertz CT molecular complexity index is 1160. The number of benzene rings is 2. The Labute approximate surface area is 214 Å². The largest absolute Gasteiger partial charge is 0.491 e. The number of ether oxygens (including phenoxy) is 3. The second kappa shape index (κ2) is 10.8. The lowest BCUT2D eigenvalue weighted by Gasteiger charge is -2.36. The van der Waals surface area contributed by atoms with Crippen molar-refractivity contribution in [1.29, 1.82) is 0 Å². The van der Waals surface area contributed by atoms with Gasteiger partial charge in [-0.05, 0) is 48.5 Å². The number of halogens is 2. The SMILES string of the molecule is O=C(c1ccccn1)N1CCN(c2ccc(OCC3COC(c4ccc(Cl)cc4Cl)O3)cc2)CC1. The Balaban J connectivity index is 1.09. The van der Waals surface area contributed by atoms with Crippen molar-refractivity contribution in [3.05, 3.63) is 88.2 Å². The predicted octanol–water partition coefficient (Wildman–Crippen LogP) is 4.84. The number of nitrogens with zero attached hydrogens (tertiary/aromatic N) is 3. The van der Waals surface area contributed by atoms with Gasteiger partial charge in [0.2, 0.25) is 0 Å². The maximum atomic E-state index is 12.6. The van der Waals surface area contributed by atoms with Gasteiger partial charge in [0.05, 0.1) is 11.6 Å². The molecule has 0 aliphatic carbocycles. The van der Waals surface area contributed by atoms with Gasteiger partial charge in [-0.2, -0.15) is 0 Å². The van der Waals surface area contributed by atoms with Gasteiger partial charge < -0.3 is 24.0 Å². The normalized spacial score (nSPS) is 20.2. The number of carbonyl (C=O) groups excluding carboxylic acids is 1. The number of pyridine rings is 1. The van der Waals surface area contributed by atoms with Gasteiger partial charge in [0.1, 0.15) is 24.2 Å². The summed E-state index contributed by atoms with van der Waals surface area (Å²) in [4.78, 5) is 20.9. The average Bonchev–Trinajstić information content (AvgIpc) is 3.37. The molecule has 0 saturated carbocycles. The Hall–Kier alpha value is -2.84. The van der Waals surface area contributed by atoms with Crippen molar-refractivity contribution < 1.29 is 19.0 Å². The van der Waals surface area contributed by atoms with Crippen LogP contribution in [0.2, 0.25) is 10.0 Å². The van der Waals surface area contributed by atoms with Crippen LogP contribution in [0.15, 0.2) is 66.9 Å². The molecule has 0 bridgehead atoms. The molecule has 2 saturated heterocycles. The Morgan fingerprint density at radius 2 is 1.83 bits per heavy atom. The minimum Gasteiger partial charge on any atom is -0.491 e. The van der Waals surface area contributed by atoms with Crippen LogP contribution in [0.25, 0.3) is 0 Å². The Morgan fingerprint density at radius 3 is 2.54 bits per heavy atom. The van der Waals surface area contributed by atoms with Gasteiger partial charge in [-0.15, -0.1) is 0 Å². The number of aromatic nitrogens is 1.